The van der Waals surface area contributed by atoms with Crippen LogP contribution in [0.4, 0.5) is 11.8 Å². The molecule has 2 saturated heterocycles. The van der Waals surface area contributed by atoms with Crippen molar-refractivity contribution in [3.8, 4) is 0 Å². The molecule has 10 heteroatoms. The molecule has 0 atom stereocenters. The van der Waals surface area contributed by atoms with Crippen LogP contribution >= 0.6 is 0 Å². The molecule has 2 N–H and O–H groups in total. The number of morpholine rings is 1. The summed E-state index contributed by atoms with van der Waals surface area (Å²) in [5, 5.41) is 7.44. The smallest absolute Gasteiger partial charge is 0.271 e. The Bertz CT molecular complexity index is 1180. The first-order chi connectivity index (χ1) is 16.7. The van der Waals surface area contributed by atoms with Crippen molar-refractivity contribution in [3.63, 3.8) is 0 Å². The van der Waals surface area contributed by atoms with Crippen LogP contribution in [0.15, 0.2) is 41.6 Å². The van der Waals surface area contributed by atoms with Crippen molar-refractivity contribution in [2.24, 2.45) is 5.10 Å². The molecule has 2 aliphatic heterocycles. The van der Waals surface area contributed by atoms with Crippen molar-refractivity contribution in [2.45, 2.75) is 25.8 Å². The van der Waals surface area contributed by atoms with E-state index < -0.39 is 0 Å². The van der Waals surface area contributed by atoms with E-state index in [0.29, 0.717) is 62.6 Å². The predicted molar refractivity (Wildman–Crippen MR) is 130 cm³/mol. The van der Waals surface area contributed by atoms with Gasteiger partial charge in [0.05, 0.1) is 19.4 Å². The van der Waals surface area contributed by atoms with Crippen LogP contribution in [0.1, 0.15) is 34.5 Å². The summed E-state index contributed by atoms with van der Waals surface area (Å²) in [7, 11) is 0. The average molecular weight is 464 g/mol. The number of hydrogen-bond donors (Lipinski definition) is 2. The monoisotopic (exact) mass is 463 g/mol. The van der Waals surface area contributed by atoms with E-state index in [1.165, 1.54) is 5.56 Å². The fourth-order valence-electron chi connectivity index (χ4n) is 4.15. The van der Waals surface area contributed by atoms with Crippen molar-refractivity contribution in [2.75, 3.05) is 49.8 Å². The van der Waals surface area contributed by atoms with Crippen LogP contribution in [0.25, 0.3) is 5.65 Å². The molecule has 0 bridgehead atoms. The van der Waals surface area contributed by atoms with Gasteiger partial charge in [-0.1, -0.05) is 29.8 Å². The molecule has 34 heavy (non-hydrogen) atoms. The third-order valence-electron chi connectivity index (χ3n) is 5.95. The lowest BCUT2D eigenvalue weighted by Gasteiger charge is -2.28. The molecule has 5 rings (SSSR count). The van der Waals surface area contributed by atoms with Crippen molar-refractivity contribution >= 4 is 29.5 Å². The van der Waals surface area contributed by atoms with Crippen LogP contribution in [0.3, 0.4) is 0 Å². The van der Waals surface area contributed by atoms with E-state index in [2.05, 4.69) is 31.8 Å². The summed E-state index contributed by atoms with van der Waals surface area (Å²) in [5.74, 6) is 1.07. The zero-order valence-corrected chi connectivity index (χ0v) is 19.2. The highest BCUT2D eigenvalue weighted by Gasteiger charge is 2.22. The quantitative estimate of drug-likeness (QED) is 0.427. The first kappa shape index (κ1) is 22.3. The normalized spacial score (nSPS) is 17.4. The number of carbonyl (C=O) groups excluding carboxylic acids is 1. The molecule has 3 aromatic rings. The van der Waals surface area contributed by atoms with Crippen molar-refractivity contribution < 1.29 is 14.3 Å². The molecular formula is C24H29N7O3. The first-order valence-electron chi connectivity index (χ1n) is 11.6. The summed E-state index contributed by atoms with van der Waals surface area (Å²) >= 11 is 0. The van der Waals surface area contributed by atoms with Gasteiger partial charge in [0.25, 0.3) is 5.91 Å². The summed E-state index contributed by atoms with van der Waals surface area (Å²) in [6, 6.07) is 9.99. The highest BCUT2D eigenvalue weighted by Crippen LogP contribution is 2.21. The molecule has 1 aromatic carbocycles. The van der Waals surface area contributed by atoms with Gasteiger partial charge in [-0.3, -0.25) is 14.6 Å². The van der Waals surface area contributed by atoms with Gasteiger partial charge in [0.1, 0.15) is 11.3 Å². The SMILES string of the molecule is Cc1cccc(/C=N/Nc2cc3nc(C(=O)NC4CCOCC4)cn3c(N3CCOCC3)n2)c1. The number of aromatic nitrogens is 3. The van der Waals surface area contributed by atoms with E-state index in [1.807, 2.05) is 29.5 Å². The van der Waals surface area contributed by atoms with Crippen LogP contribution in [0, 0.1) is 6.92 Å². The second kappa shape index (κ2) is 10.2. The number of carbonyl (C=O) groups is 1. The van der Waals surface area contributed by atoms with Crippen molar-refractivity contribution in [3.05, 3.63) is 53.3 Å². The van der Waals surface area contributed by atoms with E-state index in [9.17, 15) is 4.79 Å². The van der Waals surface area contributed by atoms with Gasteiger partial charge in [0.2, 0.25) is 5.95 Å². The van der Waals surface area contributed by atoms with Gasteiger partial charge in [-0.2, -0.15) is 10.1 Å². The van der Waals surface area contributed by atoms with Crippen LogP contribution in [0.2, 0.25) is 0 Å². The molecule has 4 heterocycles. The number of benzene rings is 1. The van der Waals surface area contributed by atoms with Crippen LogP contribution in [-0.2, 0) is 9.47 Å². The summed E-state index contributed by atoms with van der Waals surface area (Å²) in [4.78, 5) is 24.4. The second-order valence-corrected chi connectivity index (χ2v) is 8.54. The molecule has 0 spiro atoms. The maximum atomic E-state index is 12.9. The fraction of sp³-hybridized carbons (Fsp3) is 0.417. The number of hydrazone groups is 1. The molecular weight excluding hydrogens is 434 g/mol. The predicted octanol–water partition coefficient (Wildman–Crippen LogP) is 2.23. The minimum Gasteiger partial charge on any atom is -0.381 e. The number of fused-ring (bicyclic) bond motifs is 1. The number of aryl methyl sites for hydroxylation is 1. The Kier molecular flexibility index (Phi) is 6.68. The Morgan fingerprint density at radius 1 is 1.12 bits per heavy atom. The zero-order valence-electron chi connectivity index (χ0n) is 19.2. The maximum absolute atomic E-state index is 12.9. The molecule has 2 aliphatic rings. The third kappa shape index (κ3) is 5.18. The number of anilines is 2. The third-order valence-corrected chi connectivity index (χ3v) is 5.95. The van der Waals surface area contributed by atoms with E-state index in [-0.39, 0.29) is 11.9 Å². The second-order valence-electron chi connectivity index (χ2n) is 8.54. The van der Waals surface area contributed by atoms with Gasteiger partial charge in [-0.15, -0.1) is 0 Å². The summed E-state index contributed by atoms with van der Waals surface area (Å²) in [6.07, 6.45) is 5.13. The molecule has 0 unspecified atom stereocenters. The van der Waals surface area contributed by atoms with E-state index in [1.54, 1.807) is 18.5 Å². The Labute approximate surface area is 198 Å². The highest BCUT2D eigenvalue weighted by atomic mass is 16.5. The number of hydrogen-bond acceptors (Lipinski definition) is 8. The number of nitrogens with zero attached hydrogens (tertiary/aromatic N) is 5. The lowest BCUT2D eigenvalue weighted by atomic mass is 10.1. The fourth-order valence-corrected chi connectivity index (χ4v) is 4.15. The van der Waals surface area contributed by atoms with Crippen molar-refractivity contribution in [1.82, 2.24) is 19.7 Å². The lowest BCUT2D eigenvalue weighted by molar-refractivity contribution is 0.0694. The van der Waals surface area contributed by atoms with Gasteiger partial charge >= 0.3 is 0 Å². The molecule has 178 valence electrons. The van der Waals surface area contributed by atoms with Gasteiger partial charge in [0, 0.05) is 44.6 Å². The first-order valence-corrected chi connectivity index (χ1v) is 11.6. The number of nitrogens with one attached hydrogen (secondary N) is 2. The Balaban J connectivity index is 1.41. The van der Waals surface area contributed by atoms with E-state index in [4.69, 9.17) is 14.5 Å². The molecule has 2 aromatic heterocycles. The van der Waals surface area contributed by atoms with Gasteiger partial charge in [0.15, 0.2) is 5.82 Å². The standard InChI is InChI=1S/C24H29N7O3/c1-17-3-2-4-18(13-17)15-25-29-21-14-22-27-20(23(32)26-19-5-9-33-10-6-19)16-31(22)24(28-21)30-7-11-34-12-8-30/h2-4,13-16,19,29H,5-12H2,1H3,(H,26,32)/b25-15+. The Hall–Kier alpha value is -3.50. The minimum atomic E-state index is -0.185. The number of ether oxygens (including phenoxy) is 2. The molecule has 10 nitrogen and oxygen atoms in total. The highest BCUT2D eigenvalue weighted by molar-refractivity contribution is 5.93. The van der Waals surface area contributed by atoms with Crippen molar-refractivity contribution in [1.29, 1.82) is 0 Å². The van der Waals surface area contributed by atoms with Crippen LogP contribution < -0.4 is 15.6 Å². The zero-order chi connectivity index (χ0) is 23.3. The number of imidazole rings is 1. The molecule has 0 radical (unpaired) electrons. The van der Waals surface area contributed by atoms with Gasteiger partial charge in [-0.25, -0.2) is 4.98 Å². The molecule has 0 saturated carbocycles. The van der Waals surface area contributed by atoms with E-state index >= 15 is 0 Å². The molecule has 2 fully saturated rings. The topological polar surface area (TPSA) is 105 Å². The Morgan fingerprint density at radius 3 is 2.71 bits per heavy atom. The van der Waals surface area contributed by atoms with Crippen LogP contribution in [0.5, 0.6) is 0 Å². The number of amides is 1. The average Bonchev–Trinajstić information content (AvgIpc) is 3.29. The maximum Gasteiger partial charge on any atom is 0.271 e. The number of rotatable bonds is 6. The van der Waals surface area contributed by atoms with E-state index in [0.717, 1.165) is 18.4 Å². The van der Waals surface area contributed by atoms with Crippen LogP contribution in [-0.4, -0.2) is 72.0 Å². The molecule has 1 amide bonds. The lowest BCUT2D eigenvalue weighted by Crippen LogP contribution is -2.39. The summed E-state index contributed by atoms with van der Waals surface area (Å²) in [5.41, 5.74) is 6.18. The summed E-state index contributed by atoms with van der Waals surface area (Å²) in [6.45, 7) is 6.04. The van der Waals surface area contributed by atoms with Gasteiger partial charge < -0.3 is 19.7 Å². The molecule has 0 aliphatic carbocycles. The largest absolute Gasteiger partial charge is 0.381 e. The van der Waals surface area contributed by atoms with Gasteiger partial charge in [-0.05, 0) is 25.3 Å². The summed E-state index contributed by atoms with van der Waals surface area (Å²) < 4.78 is 12.8. The Morgan fingerprint density at radius 2 is 1.91 bits per heavy atom. The minimum absolute atomic E-state index is 0.107.